The van der Waals surface area contributed by atoms with Crippen LogP contribution in [0.5, 0.6) is 0 Å². The summed E-state index contributed by atoms with van der Waals surface area (Å²) in [5.41, 5.74) is 0. The van der Waals surface area contributed by atoms with Crippen molar-refractivity contribution in [3.8, 4) is 0 Å². The zero-order valence-electron chi connectivity index (χ0n) is 11.8. The molecule has 19 heavy (non-hydrogen) atoms. The first-order chi connectivity index (χ1) is 9.02. The molecule has 1 heterocycles. The maximum atomic E-state index is 10.7. The SMILES string of the molecule is CCc1nnc(CNC(C)CCCC(C)C(=O)O)o1. The van der Waals surface area contributed by atoms with Gasteiger partial charge in [-0.25, -0.2) is 0 Å². The molecule has 0 fully saturated rings. The van der Waals surface area contributed by atoms with E-state index in [4.69, 9.17) is 9.52 Å². The van der Waals surface area contributed by atoms with Crippen molar-refractivity contribution in [2.75, 3.05) is 0 Å². The number of carboxylic acids is 1. The molecule has 0 aliphatic rings. The smallest absolute Gasteiger partial charge is 0.306 e. The normalized spacial score (nSPS) is 14.3. The first-order valence-corrected chi connectivity index (χ1v) is 6.80. The van der Waals surface area contributed by atoms with E-state index in [9.17, 15) is 4.79 Å². The van der Waals surface area contributed by atoms with Crippen LogP contribution in [0.15, 0.2) is 4.42 Å². The average Bonchev–Trinajstić information content (AvgIpc) is 2.84. The van der Waals surface area contributed by atoms with Crippen molar-refractivity contribution in [3.05, 3.63) is 11.8 Å². The molecule has 2 unspecified atom stereocenters. The molecule has 2 N–H and O–H groups in total. The number of aliphatic carboxylic acids is 1. The summed E-state index contributed by atoms with van der Waals surface area (Å²) >= 11 is 0. The van der Waals surface area contributed by atoms with Gasteiger partial charge in [0, 0.05) is 12.5 Å². The van der Waals surface area contributed by atoms with Crippen LogP contribution in [0.4, 0.5) is 0 Å². The van der Waals surface area contributed by atoms with Crippen LogP contribution in [0.25, 0.3) is 0 Å². The molecular weight excluding hydrogens is 246 g/mol. The molecule has 0 saturated heterocycles. The molecule has 0 aliphatic carbocycles. The Balaban J connectivity index is 2.17. The molecule has 1 aromatic rings. The molecule has 108 valence electrons. The molecule has 1 aromatic heterocycles. The maximum Gasteiger partial charge on any atom is 0.306 e. The van der Waals surface area contributed by atoms with E-state index in [0.29, 0.717) is 30.8 Å². The van der Waals surface area contributed by atoms with Gasteiger partial charge in [-0.3, -0.25) is 4.79 Å². The highest BCUT2D eigenvalue weighted by Crippen LogP contribution is 2.10. The standard InChI is InChI=1S/C13H23N3O3/c1-4-11-15-16-12(19-11)8-14-10(3)7-5-6-9(2)13(17)18/h9-10,14H,4-8H2,1-3H3,(H,17,18). The highest BCUT2D eigenvalue weighted by atomic mass is 16.4. The number of nitrogens with zero attached hydrogens (tertiary/aromatic N) is 2. The van der Waals surface area contributed by atoms with Gasteiger partial charge in [-0.05, 0) is 19.8 Å². The van der Waals surface area contributed by atoms with Gasteiger partial charge in [0.05, 0.1) is 12.5 Å². The van der Waals surface area contributed by atoms with Gasteiger partial charge in [-0.15, -0.1) is 10.2 Å². The van der Waals surface area contributed by atoms with Gasteiger partial charge >= 0.3 is 5.97 Å². The molecule has 0 saturated carbocycles. The third kappa shape index (κ3) is 5.83. The lowest BCUT2D eigenvalue weighted by molar-refractivity contribution is -0.141. The van der Waals surface area contributed by atoms with Gasteiger partial charge in [0.1, 0.15) is 0 Å². The van der Waals surface area contributed by atoms with Crippen molar-refractivity contribution in [1.29, 1.82) is 0 Å². The maximum absolute atomic E-state index is 10.7. The average molecular weight is 269 g/mol. The minimum absolute atomic E-state index is 0.268. The summed E-state index contributed by atoms with van der Waals surface area (Å²) in [4.78, 5) is 10.7. The fourth-order valence-electron chi connectivity index (χ4n) is 1.72. The van der Waals surface area contributed by atoms with Crippen LogP contribution in [0.3, 0.4) is 0 Å². The number of hydrogen-bond acceptors (Lipinski definition) is 5. The van der Waals surface area contributed by atoms with E-state index in [-0.39, 0.29) is 5.92 Å². The monoisotopic (exact) mass is 269 g/mol. The van der Waals surface area contributed by atoms with Crippen molar-refractivity contribution in [1.82, 2.24) is 15.5 Å². The van der Waals surface area contributed by atoms with Crippen LogP contribution >= 0.6 is 0 Å². The second kappa shape index (κ2) is 7.89. The number of nitrogens with one attached hydrogen (secondary N) is 1. The van der Waals surface area contributed by atoms with E-state index in [1.54, 1.807) is 6.92 Å². The van der Waals surface area contributed by atoms with E-state index in [2.05, 4.69) is 22.4 Å². The van der Waals surface area contributed by atoms with E-state index in [0.717, 1.165) is 19.3 Å². The second-order valence-corrected chi connectivity index (χ2v) is 4.90. The first kappa shape index (κ1) is 15.6. The number of aryl methyl sites for hydroxylation is 1. The molecule has 1 rings (SSSR count). The lowest BCUT2D eigenvalue weighted by atomic mass is 10.0. The third-order valence-corrected chi connectivity index (χ3v) is 3.11. The van der Waals surface area contributed by atoms with Crippen molar-refractivity contribution in [2.24, 2.45) is 5.92 Å². The van der Waals surface area contributed by atoms with Gasteiger partial charge in [0.25, 0.3) is 0 Å². The number of rotatable bonds is 9. The molecule has 0 amide bonds. The number of aromatic nitrogens is 2. The number of hydrogen-bond donors (Lipinski definition) is 2. The Labute approximate surface area is 113 Å². The van der Waals surface area contributed by atoms with Crippen molar-refractivity contribution < 1.29 is 14.3 Å². The largest absolute Gasteiger partial charge is 0.481 e. The van der Waals surface area contributed by atoms with E-state index in [1.807, 2.05) is 6.92 Å². The minimum atomic E-state index is -0.724. The van der Waals surface area contributed by atoms with Crippen LogP contribution < -0.4 is 5.32 Å². The van der Waals surface area contributed by atoms with Gasteiger partial charge in [0.2, 0.25) is 11.8 Å². The van der Waals surface area contributed by atoms with E-state index < -0.39 is 5.97 Å². The van der Waals surface area contributed by atoms with Crippen LogP contribution in [0.2, 0.25) is 0 Å². The molecule has 0 aliphatic heterocycles. The van der Waals surface area contributed by atoms with Crippen LogP contribution in [-0.4, -0.2) is 27.3 Å². The van der Waals surface area contributed by atoms with Crippen LogP contribution in [0.1, 0.15) is 51.8 Å². The van der Waals surface area contributed by atoms with Gasteiger partial charge < -0.3 is 14.8 Å². The summed E-state index contributed by atoms with van der Waals surface area (Å²) in [6.45, 7) is 6.34. The summed E-state index contributed by atoms with van der Waals surface area (Å²) < 4.78 is 5.39. The Morgan fingerprint density at radius 2 is 2.00 bits per heavy atom. The minimum Gasteiger partial charge on any atom is -0.481 e. The highest BCUT2D eigenvalue weighted by molar-refractivity contribution is 5.69. The van der Waals surface area contributed by atoms with Crippen LogP contribution in [-0.2, 0) is 17.8 Å². The van der Waals surface area contributed by atoms with Crippen molar-refractivity contribution in [3.63, 3.8) is 0 Å². The summed E-state index contributed by atoms with van der Waals surface area (Å²) in [6, 6.07) is 0.304. The van der Waals surface area contributed by atoms with Gasteiger partial charge in [-0.2, -0.15) is 0 Å². The molecule has 0 aromatic carbocycles. The Kier molecular flexibility index (Phi) is 6.49. The van der Waals surface area contributed by atoms with Crippen LogP contribution in [0, 0.1) is 5.92 Å². The summed E-state index contributed by atoms with van der Waals surface area (Å²) in [7, 11) is 0. The van der Waals surface area contributed by atoms with Crippen molar-refractivity contribution in [2.45, 2.75) is 59.0 Å². The predicted octanol–water partition coefficient (Wildman–Crippen LogP) is 2.00. The third-order valence-electron chi connectivity index (χ3n) is 3.11. The Morgan fingerprint density at radius 3 is 2.58 bits per heavy atom. The summed E-state index contributed by atoms with van der Waals surface area (Å²) in [5.74, 6) is 0.260. The van der Waals surface area contributed by atoms with Gasteiger partial charge in [-0.1, -0.05) is 20.3 Å². The molecule has 0 spiro atoms. The molecule has 0 bridgehead atoms. The first-order valence-electron chi connectivity index (χ1n) is 6.80. The second-order valence-electron chi connectivity index (χ2n) is 4.90. The molecule has 0 radical (unpaired) electrons. The fraction of sp³-hybridized carbons (Fsp3) is 0.769. The molecule has 6 heteroatoms. The zero-order chi connectivity index (χ0) is 14.3. The van der Waals surface area contributed by atoms with E-state index in [1.165, 1.54) is 0 Å². The zero-order valence-corrected chi connectivity index (χ0v) is 11.8. The predicted molar refractivity (Wildman–Crippen MR) is 70.6 cm³/mol. The molecule has 2 atom stereocenters. The topological polar surface area (TPSA) is 88.2 Å². The van der Waals surface area contributed by atoms with E-state index >= 15 is 0 Å². The number of carbonyl (C=O) groups is 1. The van der Waals surface area contributed by atoms with Gasteiger partial charge in [0.15, 0.2) is 0 Å². The summed E-state index contributed by atoms with van der Waals surface area (Å²) in [6.07, 6.45) is 3.29. The Bertz CT molecular complexity index is 392. The molecule has 6 nitrogen and oxygen atoms in total. The highest BCUT2D eigenvalue weighted by Gasteiger charge is 2.11. The summed E-state index contributed by atoms with van der Waals surface area (Å²) in [5, 5.41) is 19.9. The van der Waals surface area contributed by atoms with Crippen molar-refractivity contribution >= 4 is 5.97 Å². The lowest BCUT2D eigenvalue weighted by Crippen LogP contribution is -2.25. The fourth-order valence-corrected chi connectivity index (χ4v) is 1.72. The Morgan fingerprint density at radius 1 is 1.32 bits per heavy atom. The lowest BCUT2D eigenvalue weighted by Gasteiger charge is -2.13. The molecular formula is C13H23N3O3. The quantitative estimate of drug-likeness (QED) is 0.713. The number of carboxylic acid groups (broad SMARTS) is 1. The Hall–Kier alpha value is -1.43.